The molecule has 4 nitrogen and oxygen atoms in total. The monoisotopic (exact) mass is 311 g/mol. The highest BCUT2D eigenvalue weighted by Gasteiger charge is 2.10. The summed E-state index contributed by atoms with van der Waals surface area (Å²) in [5.41, 5.74) is 1.01. The van der Waals surface area contributed by atoms with Crippen LogP contribution in [0.3, 0.4) is 0 Å². The lowest BCUT2D eigenvalue weighted by molar-refractivity contribution is 0.302. The minimum atomic E-state index is -0.130. The van der Waals surface area contributed by atoms with E-state index in [1.165, 1.54) is 0 Å². The average Bonchev–Trinajstić information content (AvgIpc) is 2.62. The summed E-state index contributed by atoms with van der Waals surface area (Å²) in [7, 11) is 3.26. The van der Waals surface area contributed by atoms with E-state index >= 15 is 0 Å². The van der Waals surface area contributed by atoms with Crippen LogP contribution in [0.2, 0.25) is 0 Å². The van der Waals surface area contributed by atoms with Crippen LogP contribution in [0.5, 0.6) is 17.2 Å². The van der Waals surface area contributed by atoms with Gasteiger partial charge in [0.05, 0.1) is 32.8 Å². The number of hydrogen-bond acceptors (Lipinski definition) is 4. The minimum absolute atomic E-state index is 0.130. The largest absolute Gasteiger partial charge is 0.497 e. The second-order valence-electron chi connectivity index (χ2n) is 5.12. The number of nitrogens with zero attached hydrogens (tertiary/aromatic N) is 1. The smallest absolute Gasteiger partial charge is 0.122 e. The van der Waals surface area contributed by atoms with Gasteiger partial charge in [0.1, 0.15) is 17.2 Å². The fourth-order valence-electron chi connectivity index (χ4n) is 2.31. The Morgan fingerprint density at radius 2 is 1.65 bits per heavy atom. The van der Waals surface area contributed by atoms with E-state index in [1.807, 2.05) is 48.5 Å². The third kappa shape index (κ3) is 4.93. The molecule has 0 spiro atoms. The molecule has 2 aromatic rings. The topological polar surface area (TPSA) is 51.5 Å². The molecule has 0 aromatic heterocycles. The zero-order valence-corrected chi connectivity index (χ0v) is 13.5. The first kappa shape index (κ1) is 16.7. The third-order valence-corrected chi connectivity index (χ3v) is 3.62. The van der Waals surface area contributed by atoms with E-state index < -0.39 is 0 Å². The van der Waals surface area contributed by atoms with E-state index in [-0.39, 0.29) is 5.92 Å². The van der Waals surface area contributed by atoms with Crippen molar-refractivity contribution in [2.24, 2.45) is 0 Å². The molecular weight excluding hydrogens is 290 g/mol. The fourth-order valence-corrected chi connectivity index (χ4v) is 2.31. The van der Waals surface area contributed by atoms with Gasteiger partial charge in [0.15, 0.2) is 0 Å². The highest BCUT2D eigenvalue weighted by atomic mass is 16.5. The van der Waals surface area contributed by atoms with Gasteiger partial charge in [0.25, 0.3) is 0 Å². The molecule has 4 heteroatoms. The summed E-state index contributed by atoms with van der Waals surface area (Å²) in [6, 6.07) is 17.5. The van der Waals surface area contributed by atoms with Crippen LogP contribution < -0.4 is 14.2 Å². The van der Waals surface area contributed by atoms with E-state index in [9.17, 15) is 5.26 Å². The Bertz CT molecular complexity index is 646. The predicted molar refractivity (Wildman–Crippen MR) is 89.1 cm³/mol. The van der Waals surface area contributed by atoms with Crippen LogP contribution >= 0.6 is 0 Å². The fraction of sp³-hybridized carbons (Fsp3) is 0.316. The summed E-state index contributed by atoms with van der Waals surface area (Å²) in [5.74, 6) is 2.22. The van der Waals surface area contributed by atoms with E-state index in [0.29, 0.717) is 6.61 Å². The Balaban J connectivity index is 1.82. The number of hydrogen-bond donors (Lipinski definition) is 0. The van der Waals surface area contributed by atoms with Crippen LogP contribution in [0.1, 0.15) is 24.3 Å². The molecule has 0 saturated heterocycles. The van der Waals surface area contributed by atoms with Crippen molar-refractivity contribution >= 4 is 0 Å². The normalized spacial score (nSPS) is 11.3. The zero-order valence-electron chi connectivity index (χ0n) is 13.5. The Hall–Kier alpha value is -2.67. The van der Waals surface area contributed by atoms with Crippen molar-refractivity contribution in [3.8, 4) is 23.3 Å². The SMILES string of the molecule is COc1ccc(C(C#N)CCCOc2cccc(OC)c2)cc1. The molecule has 0 amide bonds. The summed E-state index contributed by atoms with van der Waals surface area (Å²) >= 11 is 0. The molecule has 1 unspecified atom stereocenters. The van der Waals surface area contributed by atoms with Crippen molar-refractivity contribution in [1.29, 1.82) is 5.26 Å². The lowest BCUT2D eigenvalue weighted by Crippen LogP contribution is -2.02. The highest BCUT2D eigenvalue weighted by Crippen LogP contribution is 2.24. The van der Waals surface area contributed by atoms with Crippen molar-refractivity contribution < 1.29 is 14.2 Å². The molecule has 120 valence electrons. The van der Waals surface area contributed by atoms with E-state index in [4.69, 9.17) is 14.2 Å². The van der Waals surface area contributed by atoms with E-state index in [1.54, 1.807) is 14.2 Å². The van der Waals surface area contributed by atoms with Gasteiger partial charge in [0.2, 0.25) is 0 Å². The molecule has 23 heavy (non-hydrogen) atoms. The average molecular weight is 311 g/mol. The van der Waals surface area contributed by atoms with Gasteiger partial charge in [-0.2, -0.15) is 5.26 Å². The number of rotatable bonds is 8. The molecule has 0 aliphatic heterocycles. The molecule has 0 heterocycles. The number of benzene rings is 2. The molecule has 0 bridgehead atoms. The van der Waals surface area contributed by atoms with Gasteiger partial charge < -0.3 is 14.2 Å². The quantitative estimate of drug-likeness (QED) is 0.687. The lowest BCUT2D eigenvalue weighted by atomic mass is 9.96. The van der Waals surface area contributed by atoms with Crippen LogP contribution in [0.25, 0.3) is 0 Å². The Labute approximate surface area is 137 Å². The van der Waals surface area contributed by atoms with E-state index in [2.05, 4.69) is 6.07 Å². The van der Waals surface area contributed by atoms with Crippen molar-refractivity contribution in [3.63, 3.8) is 0 Å². The minimum Gasteiger partial charge on any atom is -0.497 e. The highest BCUT2D eigenvalue weighted by molar-refractivity contribution is 5.33. The maximum absolute atomic E-state index is 9.35. The molecule has 0 radical (unpaired) electrons. The Morgan fingerprint density at radius 3 is 2.30 bits per heavy atom. The lowest BCUT2D eigenvalue weighted by Gasteiger charge is -2.11. The first-order valence-corrected chi connectivity index (χ1v) is 7.57. The van der Waals surface area contributed by atoms with Crippen molar-refractivity contribution in [2.45, 2.75) is 18.8 Å². The van der Waals surface area contributed by atoms with Gasteiger partial charge in [0, 0.05) is 6.07 Å². The maximum Gasteiger partial charge on any atom is 0.122 e. The van der Waals surface area contributed by atoms with Gasteiger partial charge in [-0.1, -0.05) is 18.2 Å². The zero-order chi connectivity index (χ0) is 16.5. The second-order valence-corrected chi connectivity index (χ2v) is 5.12. The maximum atomic E-state index is 9.35. The van der Waals surface area contributed by atoms with Crippen LogP contribution in [-0.2, 0) is 0 Å². The molecule has 0 aliphatic carbocycles. The molecule has 0 saturated carbocycles. The number of ether oxygens (including phenoxy) is 3. The molecule has 1 atom stereocenters. The molecule has 0 fully saturated rings. The van der Waals surface area contributed by atoms with Crippen LogP contribution in [0.15, 0.2) is 48.5 Å². The van der Waals surface area contributed by atoms with Gasteiger partial charge in [-0.05, 0) is 42.7 Å². The van der Waals surface area contributed by atoms with E-state index in [0.717, 1.165) is 35.7 Å². The number of methoxy groups -OCH3 is 2. The van der Waals surface area contributed by atoms with Gasteiger partial charge in [-0.3, -0.25) is 0 Å². The second kappa shape index (κ2) is 8.70. The molecule has 2 rings (SSSR count). The van der Waals surface area contributed by atoms with Gasteiger partial charge >= 0.3 is 0 Å². The van der Waals surface area contributed by atoms with Gasteiger partial charge in [-0.25, -0.2) is 0 Å². The summed E-state index contributed by atoms with van der Waals surface area (Å²) < 4.78 is 16.0. The first-order chi connectivity index (χ1) is 11.3. The van der Waals surface area contributed by atoms with Crippen LogP contribution in [0.4, 0.5) is 0 Å². The first-order valence-electron chi connectivity index (χ1n) is 7.57. The summed E-state index contributed by atoms with van der Waals surface area (Å²) in [4.78, 5) is 0. The molecule has 2 aromatic carbocycles. The Morgan fingerprint density at radius 1 is 0.957 bits per heavy atom. The third-order valence-electron chi connectivity index (χ3n) is 3.62. The summed E-state index contributed by atoms with van der Waals surface area (Å²) in [5, 5.41) is 9.35. The van der Waals surface area contributed by atoms with Crippen molar-refractivity contribution in [2.75, 3.05) is 20.8 Å². The van der Waals surface area contributed by atoms with Crippen molar-refractivity contribution in [3.05, 3.63) is 54.1 Å². The van der Waals surface area contributed by atoms with Crippen LogP contribution in [-0.4, -0.2) is 20.8 Å². The Kier molecular flexibility index (Phi) is 6.31. The number of nitriles is 1. The van der Waals surface area contributed by atoms with Gasteiger partial charge in [-0.15, -0.1) is 0 Å². The molecular formula is C19H21NO3. The standard InChI is InChI=1S/C19H21NO3/c1-21-17-10-8-15(9-11-17)16(14-20)5-4-12-23-19-7-3-6-18(13-19)22-2/h3,6-11,13,16H,4-5,12H2,1-2H3. The predicted octanol–water partition coefficient (Wildman–Crippen LogP) is 4.17. The molecule has 0 N–H and O–H groups in total. The molecule has 0 aliphatic rings. The summed E-state index contributed by atoms with van der Waals surface area (Å²) in [6.07, 6.45) is 1.56. The van der Waals surface area contributed by atoms with Crippen molar-refractivity contribution in [1.82, 2.24) is 0 Å². The van der Waals surface area contributed by atoms with Crippen LogP contribution in [0, 0.1) is 11.3 Å². The summed E-state index contributed by atoms with van der Waals surface area (Å²) in [6.45, 7) is 0.571.